The van der Waals surface area contributed by atoms with E-state index in [0.717, 1.165) is 12.1 Å². The van der Waals surface area contributed by atoms with Gasteiger partial charge in [0.15, 0.2) is 17.5 Å². The molecule has 1 aliphatic rings. The third-order valence-corrected chi connectivity index (χ3v) is 2.26. The predicted molar refractivity (Wildman–Crippen MR) is 50.0 cm³/mol. The van der Waals surface area contributed by atoms with Crippen molar-refractivity contribution in [1.29, 1.82) is 0 Å². The van der Waals surface area contributed by atoms with E-state index in [0.29, 0.717) is 0 Å². The van der Waals surface area contributed by atoms with Gasteiger partial charge in [0.2, 0.25) is 6.10 Å². The van der Waals surface area contributed by atoms with Gasteiger partial charge in [-0.2, -0.15) is 0 Å². The molecule has 17 heavy (non-hydrogen) atoms. The first-order valence-electron chi connectivity index (χ1n) is 4.59. The van der Waals surface area contributed by atoms with Gasteiger partial charge in [0, 0.05) is 12.0 Å². The maximum Gasteiger partial charge on any atom is 0.348 e. The number of nitrogens with zero attached hydrogens (tertiary/aromatic N) is 1. The van der Waals surface area contributed by atoms with Crippen LogP contribution in [0, 0.1) is 17.5 Å². The lowest BCUT2D eigenvalue weighted by molar-refractivity contribution is -0.148. The van der Waals surface area contributed by atoms with Crippen LogP contribution in [0.15, 0.2) is 17.3 Å². The smallest absolute Gasteiger partial charge is 0.348 e. The van der Waals surface area contributed by atoms with Crippen LogP contribution in [-0.2, 0) is 9.63 Å². The molecule has 0 amide bonds. The summed E-state index contributed by atoms with van der Waals surface area (Å²) < 4.78 is 38.5. The van der Waals surface area contributed by atoms with Crippen LogP contribution in [0.3, 0.4) is 0 Å². The van der Waals surface area contributed by atoms with E-state index in [4.69, 9.17) is 5.11 Å². The second-order valence-corrected chi connectivity index (χ2v) is 3.43. The molecule has 1 heterocycles. The first-order valence-corrected chi connectivity index (χ1v) is 4.59. The Hall–Kier alpha value is -2.05. The molecule has 1 unspecified atom stereocenters. The Kier molecular flexibility index (Phi) is 2.74. The van der Waals surface area contributed by atoms with Gasteiger partial charge in [-0.15, -0.1) is 0 Å². The fraction of sp³-hybridized carbons (Fsp3) is 0.200. The van der Waals surface area contributed by atoms with Crippen molar-refractivity contribution in [3.8, 4) is 0 Å². The fourth-order valence-electron chi connectivity index (χ4n) is 1.40. The molecule has 7 heteroatoms. The van der Waals surface area contributed by atoms with E-state index in [2.05, 4.69) is 9.99 Å². The van der Waals surface area contributed by atoms with Gasteiger partial charge in [-0.05, 0) is 12.1 Å². The topological polar surface area (TPSA) is 58.9 Å². The Labute approximate surface area is 93.3 Å². The maximum absolute atomic E-state index is 12.9. The molecule has 0 radical (unpaired) electrons. The summed E-state index contributed by atoms with van der Waals surface area (Å²) >= 11 is 0. The zero-order valence-electron chi connectivity index (χ0n) is 8.28. The summed E-state index contributed by atoms with van der Waals surface area (Å²) in [4.78, 5) is 15.1. The van der Waals surface area contributed by atoms with Gasteiger partial charge in [0.25, 0.3) is 0 Å². The zero-order valence-corrected chi connectivity index (χ0v) is 8.28. The van der Waals surface area contributed by atoms with Gasteiger partial charge >= 0.3 is 5.97 Å². The SMILES string of the molecule is O=C(O)C1CC(c2cc(F)c(F)c(F)c2)=NO1. The van der Waals surface area contributed by atoms with E-state index in [1.807, 2.05) is 0 Å². The summed E-state index contributed by atoms with van der Waals surface area (Å²) in [6.45, 7) is 0. The standard InChI is InChI=1S/C10H6F3NO3/c11-5-1-4(2-6(12)9(5)13)7-3-8(10(15)16)17-14-7/h1-2,8H,3H2,(H,15,16). The Morgan fingerprint density at radius 1 is 1.35 bits per heavy atom. The van der Waals surface area contributed by atoms with Crippen LogP contribution in [0.1, 0.15) is 12.0 Å². The molecule has 2 rings (SSSR count). The number of hydrogen-bond acceptors (Lipinski definition) is 3. The van der Waals surface area contributed by atoms with Gasteiger partial charge in [-0.3, -0.25) is 0 Å². The molecule has 90 valence electrons. The van der Waals surface area contributed by atoms with Gasteiger partial charge in [-0.1, -0.05) is 5.16 Å². The summed E-state index contributed by atoms with van der Waals surface area (Å²) in [5.74, 6) is -5.53. The van der Waals surface area contributed by atoms with E-state index >= 15 is 0 Å². The van der Waals surface area contributed by atoms with E-state index in [1.165, 1.54) is 0 Å². The van der Waals surface area contributed by atoms with Crippen LogP contribution in [0.4, 0.5) is 13.2 Å². The van der Waals surface area contributed by atoms with Gasteiger partial charge in [0.05, 0.1) is 5.71 Å². The third-order valence-electron chi connectivity index (χ3n) is 2.26. The largest absolute Gasteiger partial charge is 0.478 e. The minimum atomic E-state index is -1.58. The lowest BCUT2D eigenvalue weighted by Crippen LogP contribution is -2.20. The maximum atomic E-state index is 12.9. The van der Waals surface area contributed by atoms with Crippen molar-refractivity contribution in [2.24, 2.45) is 5.16 Å². The number of carboxylic acid groups (broad SMARTS) is 1. The Bertz CT molecular complexity index is 493. The van der Waals surface area contributed by atoms with Crippen LogP contribution in [0.2, 0.25) is 0 Å². The normalized spacial score (nSPS) is 18.8. The predicted octanol–water partition coefficient (Wildman–Crippen LogP) is 1.68. The molecule has 0 spiro atoms. The van der Waals surface area contributed by atoms with Gasteiger partial charge in [-0.25, -0.2) is 18.0 Å². The molecule has 1 atom stereocenters. The molecule has 4 nitrogen and oxygen atoms in total. The van der Waals surface area contributed by atoms with Crippen LogP contribution >= 0.6 is 0 Å². The van der Waals surface area contributed by atoms with E-state index in [1.54, 1.807) is 0 Å². The van der Waals surface area contributed by atoms with Crippen molar-refractivity contribution >= 4 is 11.7 Å². The summed E-state index contributed by atoms with van der Waals surface area (Å²) in [7, 11) is 0. The van der Waals surface area contributed by atoms with Crippen molar-refractivity contribution in [1.82, 2.24) is 0 Å². The van der Waals surface area contributed by atoms with Crippen LogP contribution < -0.4 is 0 Å². The molecular weight excluding hydrogens is 239 g/mol. The number of rotatable bonds is 2. The summed E-state index contributed by atoms with van der Waals surface area (Å²) in [5, 5.41) is 12.0. The molecule has 0 aromatic heterocycles. The monoisotopic (exact) mass is 245 g/mol. The average Bonchev–Trinajstić information content (AvgIpc) is 2.74. The highest BCUT2D eigenvalue weighted by atomic mass is 19.2. The van der Waals surface area contributed by atoms with Crippen molar-refractivity contribution in [3.63, 3.8) is 0 Å². The number of benzene rings is 1. The summed E-state index contributed by atoms with van der Waals surface area (Å²) in [6, 6.07) is 1.48. The average molecular weight is 245 g/mol. The quantitative estimate of drug-likeness (QED) is 0.806. The van der Waals surface area contributed by atoms with Crippen molar-refractivity contribution in [3.05, 3.63) is 35.1 Å². The highest BCUT2D eigenvalue weighted by Crippen LogP contribution is 2.20. The van der Waals surface area contributed by atoms with E-state index in [9.17, 15) is 18.0 Å². The molecule has 0 bridgehead atoms. The zero-order chi connectivity index (χ0) is 12.6. The molecule has 1 aliphatic heterocycles. The third kappa shape index (κ3) is 2.08. The van der Waals surface area contributed by atoms with Gasteiger partial charge in [0.1, 0.15) is 0 Å². The van der Waals surface area contributed by atoms with Crippen LogP contribution in [0.25, 0.3) is 0 Å². The molecule has 1 aromatic carbocycles. The number of hydrogen-bond donors (Lipinski definition) is 1. The van der Waals surface area contributed by atoms with Crippen LogP contribution in [0.5, 0.6) is 0 Å². The number of aliphatic carboxylic acids is 1. The highest BCUT2D eigenvalue weighted by molar-refractivity contribution is 6.03. The molecule has 0 saturated heterocycles. The van der Waals surface area contributed by atoms with Crippen molar-refractivity contribution < 1.29 is 27.9 Å². The van der Waals surface area contributed by atoms with E-state index < -0.39 is 29.5 Å². The molecular formula is C10H6F3NO3. The van der Waals surface area contributed by atoms with Crippen LogP contribution in [-0.4, -0.2) is 22.9 Å². The second-order valence-electron chi connectivity index (χ2n) is 3.43. The number of carbonyl (C=O) groups is 1. The van der Waals surface area contributed by atoms with E-state index in [-0.39, 0.29) is 17.7 Å². The Morgan fingerprint density at radius 2 is 1.94 bits per heavy atom. The molecule has 0 aliphatic carbocycles. The first-order chi connectivity index (χ1) is 7.99. The summed E-state index contributed by atoms with van der Waals surface area (Å²) in [6.07, 6.45) is -1.30. The number of carboxylic acids is 1. The second kappa shape index (κ2) is 4.08. The molecule has 0 saturated carbocycles. The van der Waals surface area contributed by atoms with Crippen molar-refractivity contribution in [2.45, 2.75) is 12.5 Å². The lowest BCUT2D eigenvalue weighted by Gasteiger charge is -2.02. The minimum absolute atomic E-state index is 0.0369. The Balaban J connectivity index is 2.28. The number of oxime groups is 1. The number of halogens is 3. The highest BCUT2D eigenvalue weighted by Gasteiger charge is 2.29. The lowest BCUT2D eigenvalue weighted by atomic mass is 10.0. The molecule has 0 fully saturated rings. The minimum Gasteiger partial charge on any atom is -0.478 e. The fourth-order valence-corrected chi connectivity index (χ4v) is 1.40. The molecule has 1 N–H and O–H groups in total. The van der Waals surface area contributed by atoms with Crippen molar-refractivity contribution in [2.75, 3.05) is 0 Å². The first kappa shape index (κ1) is 11.4. The van der Waals surface area contributed by atoms with Gasteiger partial charge < -0.3 is 9.94 Å². The Morgan fingerprint density at radius 3 is 2.41 bits per heavy atom. The summed E-state index contributed by atoms with van der Waals surface area (Å²) in [5.41, 5.74) is 0.0281. The molecule has 1 aromatic rings.